The Morgan fingerprint density at radius 2 is 1.59 bits per heavy atom. The topological polar surface area (TPSA) is 81.2 Å². The summed E-state index contributed by atoms with van der Waals surface area (Å²) in [5.41, 5.74) is 8.73. The highest BCUT2D eigenvalue weighted by atomic mass is 16.2. The van der Waals surface area contributed by atoms with Gasteiger partial charge in [-0.3, -0.25) is 14.3 Å². The highest BCUT2D eigenvalue weighted by molar-refractivity contribution is 6.00. The van der Waals surface area contributed by atoms with Gasteiger partial charge in [0.05, 0.1) is 12.1 Å². The van der Waals surface area contributed by atoms with Crippen molar-refractivity contribution in [1.82, 2.24) is 14.7 Å². The van der Waals surface area contributed by atoms with Crippen LogP contribution in [0, 0.1) is 5.92 Å². The number of hydrogen-bond acceptors (Lipinski definition) is 3. The summed E-state index contributed by atoms with van der Waals surface area (Å²) < 4.78 is 1.82. The zero-order chi connectivity index (χ0) is 20.2. The summed E-state index contributed by atoms with van der Waals surface area (Å²) >= 11 is 0. The van der Waals surface area contributed by atoms with Crippen LogP contribution in [0.25, 0.3) is 11.3 Å². The SMILES string of the molecule is NC(=O)C1CCN(C(=O)c2cn(Cc3ccccc3)nc2-c2ccccc2)CC1. The minimum Gasteiger partial charge on any atom is -0.369 e. The van der Waals surface area contributed by atoms with E-state index in [1.807, 2.05) is 71.5 Å². The molecule has 0 unspecified atom stereocenters. The molecule has 0 radical (unpaired) electrons. The monoisotopic (exact) mass is 388 g/mol. The average molecular weight is 388 g/mol. The number of primary amides is 1. The van der Waals surface area contributed by atoms with E-state index in [-0.39, 0.29) is 17.7 Å². The van der Waals surface area contributed by atoms with Gasteiger partial charge in [0.2, 0.25) is 5.91 Å². The molecule has 0 bridgehead atoms. The molecule has 1 aliphatic heterocycles. The van der Waals surface area contributed by atoms with Crippen LogP contribution in [-0.2, 0) is 11.3 Å². The fraction of sp³-hybridized carbons (Fsp3) is 0.261. The van der Waals surface area contributed by atoms with E-state index < -0.39 is 0 Å². The maximum atomic E-state index is 13.3. The molecule has 6 nitrogen and oxygen atoms in total. The number of likely N-dealkylation sites (tertiary alicyclic amines) is 1. The van der Waals surface area contributed by atoms with Gasteiger partial charge in [0.1, 0.15) is 5.69 Å². The number of nitrogens with two attached hydrogens (primary N) is 1. The number of benzene rings is 2. The summed E-state index contributed by atoms with van der Waals surface area (Å²) in [6, 6.07) is 19.8. The molecule has 4 rings (SSSR count). The van der Waals surface area contributed by atoms with Crippen molar-refractivity contribution in [3.8, 4) is 11.3 Å². The van der Waals surface area contributed by atoms with Crippen LogP contribution in [-0.4, -0.2) is 39.6 Å². The Morgan fingerprint density at radius 1 is 0.966 bits per heavy atom. The van der Waals surface area contributed by atoms with Gasteiger partial charge in [-0.15, -0.1) is 0 Å². The fourth-order valence-electron chi connectivity index (χ4n) is 3.78. The second-order valence-corrected chi connectivity index (χ2v) is 7.41. The third-order valence-electron chi connectivity index (χ3n) is 5.41. The molecule has 2 amide bonds. The summed E-state index contributed by atoms with van der Waals surface area (Å²) in [6.45, 7) is 1.66. The van der Waals surface area contributed by atoms with Crippen LogP contribution in [0.1, 0.15) is 28.8 Å². The third-order valence-corrected chi connectivity index (χ3v) is 5.41. The Balaban J connectivity index is 1.62. The lowest BCUT2D eigenvalue weighted by atomic mass is 9.95. The first-order chi connectivity index (χ1) is 14.1. The molecule has 2 heterocycles. The van der Waals surface area contributed by atoms with Gasteiger partial charge in [-0.2, -0.15) is 5.10 Å². The molecule has 1 fully saturated rings. The zero-order valence-corrected chi connectivity index (χ0v) is 16.2. The van der Waals surface area contributed by atoms with Crippen molar-refractivity contribution in [3.05, 3.63) is 78.0 Å². The van der Waals surface area contributed by atoms with Crippen molar-refractivity contribution >= 4 is 11.8 Å². The summed E-state index contributed by atoms with van der Waals surface area (Å²) in [6.07, 6.45) is 3.05. The van der Waals surface area contributed by atoms with E-state index in [4.69, 9.17) is 10.8 Å². The Labute approximate surface area is 169 Å². The summed E-state index contributed by atoms with van der Waals surface area (Å²) in [5, 5.41) is 4.73. The van der Waals surface area contributed by atoms with E-state index in [2.05, 4.69) is 0 Å². The Hall–Kier alpha value is -3.41. The van der Waals surface area contributed by atoms with Crippen molar-refractivity contribution in [3.63, 3.8) is 0 Å². The number of hydrogen-bond donors (Lipinski definition) is 1. The van der Waals surface area contributed by atoms with Crippen LogP contribution in [0.4, 0.5) is 0 Å². The number of carbonyl (C=O) groups excluding carboxylic acids is 2. The van der Waals surface area contributed by atoms with Gasteiger partial charge in [0.25, 0.3) is 5.91 Å². The molecule has 0 atom stereocenters. The van der Waals surface area contributed by atoms with E-state index >= 15 is 0 Å². The number of rotatable bonds is 5. The number of aromatic nitrogens is 2. The standard InChI is InChI=1S/C23H24N4O2/c24-22(28)19-11-13-26(14-12-19)23(29)20-16-27(15-17-7-3-1-4-8-17)25-21(20)18-9-5-2-6-10-18/h1-10,16,19H,11-15H2,(H2,24,28). The van der Waals surface area contributed by atoms with Crippen molar-refractivity contribution in [2.24, 2.45) is 11.7 Å². The minimum absolute atomic E-state index is 0.0499. The minimum atomic E-state index is -0.280. The van der Waals surface area contributed by atoms with Crippen LogP contribution in [0.2, 0.25) is 0 Å². The van der Waals surface area contributed by atoms with Gasteiger partial charge >= 0.3 is 0 Å². The second kappa shape index (κ2) is 8.31. The molecule has 0 aliphatic carbocycles. The molecule has 148 valence electrons. The summed E-state index contributed by atoms with van der Waals surface area (Å²) in [4.78, 5) is 26.5. The Bertz CT molecular complexity index is 990. The Morgan fingerprint density at radius 3 is 2.21 bits per heavy atom. The van der Waals surface area contributed by atoms with Crippen LogP contribution >= 0.6 is 0 Å². The van der Waals surface area contributed by atoms with Crippen LogP contribution in [0.15, 0.2) is 66.9 Å². The average Bonchev–Trinajstić information content (AvgIpc) is 3.18. The number of nitrogens with zero attached hydrogens (tertiary/aromatic N) is 3. The molecule has 0 saturated carbocycles. The maximum Gasteiger partial charge on any atom is 0.257 e. The lowest BCUT2D eigenvalue weighted by molar-refractivity contribution is -0.123. The van der Waals surface area contributed by atoms with Gasteiger partial charge in [0.15, 0.2) is 0 Å². The first kappa shape index (κ1) is 18.9. The summed E-state index contributed by atoms with van der Waals surface area (Å²) in [5.74, 6) is -0.475. The molecule has 2 aromatic carbocycles. The van der Waals surface area contributed by atoms with Crippen LogP contribution in [0.5, 0.6) is 0 Å². The predicted molar refractivity (Wildman–Crippen MR) is 111 cm³/mol. The molecule has 6 heteroatoms. The number of amides is 2. The molecule has 1 aliphatic rings. The third kappa shape index (κ3) is 4.21. The van der Waals surface area contributed by atoms with E-state index in [1.54, 1.807) is 4.90 Å². The summed E-state index contributed by atoms with van der Waals surface area (Å²) in [7, 11) is 0. The zero-order valence-electron chi connectivity index (χ0n) is 16.2. The lowest BCUT2D eigenvalue weighted by Crippen LogP contribution is -2.41. The van der Waals surface area contributed by atoms with E-state index in [0.29, 0.717) is 43.7 Å². The maximum absolute atomic E-state index is 13.3. The normalized spacial score (nSPS) is 14.7. The number of piperidine rings is 1. The first-order valence-electron chi connectivity index (χ1n) is 9.87. The molecule has 1 saturated heterocycles. The van der Waals surface area contributed by atoms with Crippen LogP contribution in [0.3, 0.4) is 0 Å². The van der Waals surface area contributed by atoms with Gasteiger partial charge in [-0.25, -0.2) is 0 Å². The highest BCUT2D eigenvalue weighted by Crippen LogP contribution is 2.26. The molecular formula is C23H24N4O2. The fourth-order valence-corrected chi connectivity index (χ4v) is 3.78. The molecule has 0 spiro atoms. The Kier molecular flexibility index (Phi) is 5.42. The predicted octanol–water partition coefficient (Wildman–Crippen LogP) is 2.94. The molecule has 2 N–H and O–H groups in total. The van der Waals surface area contributed by atoms with E-state index in [1.165, 1.54) is 0 Å². The van der Waals surface area contributed by atoms with Crippen LogP contribution < -0.4 is 5.73 Å². The molecule has 1 aromatic heterocycles. The second-order valence-electron chi connectivity index (χ2n) is 7.41. The molecule has 3 aromatic rings. The van der Waals surface area contributed by atoms with Gasteiger partial charge in [0, 0.05) is 30.8 Å². The smallest absolute Gasteiger partial charge is 0.257 e. The highest BCUT2D eigenvalue weighted by Gasteiger charge is 2.29. The van der Waals surface area contributed by atoms with Crippen molar-refractivity contribution in [1.29, 1.82) is 0 Å². The lowest BCUT2D eigenvalue weighted by Gasteiger charge is -2.30. The number of carbonyl (C=O) groups is 2. The van der Waals surface area contributed by atoms with Gasteiger partial charge < -0.3 is 10.6 Å². The molecular weight excluding hydrogens is 364 g/mol. The van der Waals surface area contributed by atoms with Crippen molar-refractivity contribution in [2.45, 2.75) is 19.4 Å². The van der Waals surface area contributed by atoms with Gasteiger partial charge in [-0.1, -0.05) is 60.7 Å². The van der Waals surface area contributed by atoms with Crippen molar-refractivity contribution in [2.75, 3.05) is 13.1 Å². The van der Waals surface area contributed by atoms with Crippen molar-refractivity contribution < 1.29 is 9.59 Å². The van der Waals surface area contributed by atoms with Gasteiger partial charge in [-0.05, 0) is 18.4 Å². The van der Waals surface area contributed by atoms with E-state index in [0.717, 1.165) is 11.1 Å². The van der Waals surface area contributed by atoms with E-state index in [9.17, 15) is 9.59 Å². The molecule has 29 heavy (non-hydrogen) atoms. The quantitative estimate of drug-likeness (QED) is 0.730. The first-order valence-corrected chi connectivity index (χ1v) is 9.87. The largest absolute Gasteiger partial charge is 0.369 e.